The standard InChI is InChI=1S/C15H18N2O3/c1-4-6-11(5-2)16-15(20)17-12-7-8-13(14(18)19)10(3)9-12/h1,7-9,11H,5-6H2,2-3H3,(H,18,19)(H2,16,17,20). The second kappa shape index (κ2) is 7.19. The number of aromatic carboxylic acids is 1. The lowest BCUT2D eigenvalue weighted by Gasteiger charge is -2.15. The van der Waals surface area contributed by atoms with Crippen molar-refractivity contribution >= 4 is 17.7 Å². The van der Waals surface area contributed by atoms with Crippen LogP contribution in [0.2, 0.25) is 0 Å². The molecule has 1 aromatic carbocycles. The van der Waals surface area contributed by atoms with Crippen molar-refractivity contribution in [1.82, 2.24) is 5.32 Å². The predicted octanol–water partition coefficient (Wildman–Crippen LogP) is 2.62. The molecule has 20 heavy (non-hydrogen) atoms. The zero-order valence-electron chi connectivity index (χ0n) is 11.6. The number of aryl methyl sites for hydroxylation is 1. The maximum absolute atomic E-state index is 11.8. The number of urea groups is 1. The van der Waals surface area contributed by atoms with Crippen molar-refractivity contribution < 1.29 is 14.7 Å². The van der Waals surface area contributed by atoms with Crippen LogP contribution >= 0.6 is 0 Å². The maximum Gasteiger partial charge on any atom is 0.335 e. The molecule has 1 aromatic rings. The summed E-state index contributed by atoms with van der Waals surface area (Å²) in [6.45, 7) is 3.62. The highest BCUT2D eigenvalue weighted by Crippen LogP contribution is 2.15. The van der Waals surface area contributed by atoms with Crippen LogP contribution in [0.15, 0.2) is 18.2 Å². The molecule has 0 radical (unpaired) electrons. The largest absolute Gasteiger partial charge is 0.478 e. The van der Waals surface area contributed by atoms with Crippen molar-refractivity contribution in [1.29, 1.82) is 0 Å². The minimum absolute atomic E-state index is 0.0700. The molecule has 0 spiro atoms. The highest BCUT2D eigenvalue weighted by molar-refractivity contribution is 5.92. The van der Waals surface area contributed by atoms with Gasteiger partial charge in [0.2, 0.25) is 0 Å². The molecule has 5 nitrogen and oxygen atoms in total. The number of anilines is 1. The van der Waals surface area contributed by atoms with Gasteiger partial charge in [0.1, 0.15) is 0 Å². The Morgan fingerprint density at radius 2 is 2.15 bits per heavy atom. The summed E-state index contributed by atoms with van der Waals surface area (Å²) in [4.78, 5) is 22.7. The van der Waals surface area contributed by atoms with Gasteiger partial charge in [-0.25, -0.2) is 9.59 Å². The first-order valence-corrected chi connectivity index (χ1v) is 6.32. The van der Waals surface area contributed by atoms with E-state index in [2.05, 4.69) is 16.6 Å². The fourth-order valence-electron chi connectivity index (χ4n) is 1.77. The third-order valence-electron chi connectivity index (χ3n) is 2.91. The molecule has 1 atom stereocenters. The first-order valence-electron chi connectivity index (χ1n) is 6.32. The quantitative estimate of drug-likeness (QED) is 0.722. The van der Waals surface area contributed by atoms with Crippen molar-refractivity contribution in [2.24, 2.45) is 0 Å². The number of hydrogen-bond donors (Lipinski definition) is 3. The van der Waals surface area contributed by atoms with Crippen molar-refractivity contribution in [2.45, 2.75) is 32.7 Å². The molecule has 0 heterocycles. The lowest BCUT2D eigenvalue weighted by atomic mass is 10.1. The number of terminal acetylenes is 1. The smallest absolute Gasteiger partial charge is 0.335 e. The van der Waals surface area contributed by atoms with E-state index < -0.39 is 5.97 Å². The van der Waals surface area contributed by atoms with E-state index in [4.69, 9.17) is 11.5 Å². The van der Waals surface area contributed by atoms with Crippen LogP contribution in [-0.4, -0.2) is 23.1 Å². The number of rotatable bonds is 5. The summed E-state index contributed by atoms with van der Waals surface area (Å²) in [5, 5.41) is 14.4. The Hall–Kier alpha value is -2.48. The second-order valence-electron chi connectivity index (χ2n) is 4.45. The van der Waals surface area contributed by atoms with Gasteiger partial charge in [-0.05, 0) is 37.1 Å². The van der Waals surface area contributed by atoms with E-state index in [1.807, 2.05) is 6.92 Å². The van der Waals surface area contributed by atoms with Crippen molar-refractivity contribution in [3.8, 4) is 12.3 Å². The third-order valence-corrected chi connectivity index (χ3v) is 2.91. The zero-order chi connectivity index (χ0) is 15.1. The summed E-state index contributed by atoms with van der Waals surface area (Å²) >= 11 is 0. The van der Waals surface area contributed by atoms with Crippen LogP contribution in [0, 0.1) is 19.3 Å². The predicted molar refractivity (Wildman–Crippen MR) is 77.8 cm³/mol. The first-order chi connectivity index (χ1) is 9.47. The summed E-state index contributed by atoms with van der Waals surface area (Å²) in [6.07, 6.45) is 6.44. The number of carbonyl (C=O) groups is 2. The summed E-state index contributed by atoms with van der Waals surface area (Å²) in [5.41, 5.74) is 1.35. The third kappa shape index (κ3) is 4.32. The molecule has 0 fully saturated rings. The van der Waals surface area contributed by atoms with Crippen molar-refractivity contribution in [2.75, 3.05) is 5.32 Å². The van der Waals surface area contributed by atoms with Crippen LogP contribution in [-0.2, 0) is 0 Å². The van der Waals surface area contributed by atoms with E-state index in [0.29, 0.717) is 17.7 Å². The van der Waals surface area contributed by atoms with Crippen molar-refractivity contribution in [3.63, 3.8) is 0 Å². The highest BCUT2D eigenvalue weighted by atomic mass is 16.4. The van der Waals surface area contributed by atoms with E-state index in [0.717, 1.165) is 6.42 Å². The van der Waals surface area contributed by atoms with E-state index in [-0.39, 0.29) is 17.6 Å². The molecule has 1 rings (SSSR count). The van der Waals surface area contributed by atoms with Gasteiger partial charge >= 0.3 is 12.0 Å². The van der Waals surface area contributed by atoms with Gasteiger partial charge < -0.3 is 15.7 Å². The Labute approximate surface area is 118 Å². The van der Waals surface area contributed by atoms with Gasteiger partial charge in [0, 0.05) is 18.2 Å². The van der Waals surface area contributed by atoms with Crippen LogP contribution in [0.3, 0.4) is 0 Å². The SMILES string of the molecule is C#CCC(CC)NC(=O)Nc1ccc(C(=O)O)c(C)c1. The Bertz CT molecular complexity index is 547. The minimum atomic E-state index is -0.987. The van der Waals surface area contributed by atoms with Gasteiger partial charge in [0.05, 0.1) is 5.56 Å². The maximum atomic E-state index is 11.8. The van der Waals surface area contributed by atoms with Gasteiger partial charge in [-0.15, -0.1) is 12.3 Å². The fraction of sp³-hybridized carbons (Fsp3) is 0.333. The highest BCUT2D eigenvalue weighted by Gasteiger charge is 2.11. The first kappa shape index (κ1) is 15.6. The minimum Gasteiger partial charge on any atom is -0.478 e. The molecule has 2 amide bonds. The summed E-state index contributed by atoms with van der Waals surface area (Å²) in [7, 11) is 0. The number of nitrogens with one attached hydrogen (secondary N) is 2. The Morgan fingerprint density at radius 3 is 2.65 bits per heavy atom. The number of carbonyl (C=O) groups excluding carboxylic acids is 1. The van der Waals surface area contributed by atoms with E-state index in [1.54, 1.807) is 19.1 Å². The molecule has 5 heteroatoms. The Morgan fingerprint density at radius 1 is 1.45 bits per heavy atom. The molecule has 1 unspecified atom stereocenters. The number of benzene rings is 1. The fourth-order valence-corrected chi connectivity index (χ4v) is 1.77. The number of hydrogen-bond acceptors (Lipinski definition) is 2. The van der Waals surface area contributed by atoms with Gasteiger partial charge in [0.25, 0.3) is 0 Å². The molecular formula is C15H18N2O3. The van der Waals surface area contributed by atoms with E-state index >= 15 is 0 Å². The Balaban J connectivity index is 2.69. The number of carboxylic acids is 1. The average molecular weight is 274 g/mol. The summed E-state index contributed by atoms with van der Waals surface area (Å²) in [5.74, 6) is 1.52. The second-order valence-corrected chi connectivity index (χ2v) is 4.45. The van der Waals surface area contributed by atoms with E-state index in [9.17, 15) is 9.59 Å². The zero-order valence-corrected chi connectivity index (χ0v) is 11.6. The number of carboxylic acid groups (broad SMARTS) is 1. The molecule has 0 aliphatic heterocycles. The van der Waals surface area contributed by atoms with E-state index in [1.165, 1.54) is 6.07 Å². The van der Waals surface area contributed by atoms with Crippen LogP contribution in [0.5, 0.6) is 0 Å². The molecular weight excluding hydrogens is 256 g/mol. The molecule has 0 aliphatic carbocycles. The average Bonchev–Trinajstić information content (AvgIpc) is 2.37. The topological polar surface area (TPSA) is 78.4 Å². The van der Waals surface area contributed by atoms with Crippen LogP contribution in [0.25, 0.3) is 0 Å². The van der Waals surface area contributed by atoms with Crippen LogP contribution < -0.4 is 10.6 Å². The lowest BCUT2D eigenvalue weighted by molar-refractivity contribution is 0.0696. The normalized spacial score (nSPS) is 11.2. The molecule has 0 saturated heterocycles. The molecule has 0 bridgehead atoms. The summed E-state index contributed by atoms with van der Waals surface area (Å²) in [6, 6.07) is 4.21. The van der Waals surface area contributed by atoms with Gasteiger partial charge in [0.15, 0.2) is 0 Å². The molecule has 3 N–H and O–H groups in total. The molecule has 106 valence electrons. The van der Waals surface area contributed by atoms with Gasteiger partial charge in [-0.2, -0.15) is 0 Å². The molecule has 0 saturated carbocycles. The Kier molecular flexibility index (Phi) is 5.60. The van der Waals surface area contributed by atoms with Crippen LogP contribution in [0.1, 0.15) is 35.7 Å². The van der Waals surface area contributed by atoms with Crippen molar-refractivity contribution in [3.05, 3.63) is 29.3 Å². The monoisotopic (exact) mass is 274 g/mol. The summed E-state index contributed by atoms with van der Waals surface area (Å²) < 4.78 is 0. The van der Waals surface area contributed by atoms with Gasteiger partial charge in [-0.1, -0.05) is 6.92 Å². The molecule has 0 aliphatic rings. The van der Waals surface area contributed by atoms with Crippen LogP contribution in [0.4, 0.5) is 10.5 Å². The lowest BCUT2D eigenvalue weighted by Crippen LogP contribution is -2.37. The van der Waals surface area contributed by atoms with Gasteiger partial charge in [-0.3, -0.25) is 0 Å². The molecule has 0 aromatic heterocycles. The number of amides is 2.